The number of benzene rings is 3. The summed E-state index contributed by atoms with van der Waals surface area (Å²) in [6.45, 7) is 4.52. The highest BCUT2D eigenvalue weighted by atomic mass is 32.1. The van der Waals surface area contributed by atoms with Crippen LogP contribution in [0.1, 0.15) is 36.4 Å². The quantitative estimate of drug-likeness (QED) is 0.197. The minimum atomic E-state index is 1.18. The second-order valence-electron chi connectivity index (χ2n) is 9.50. The summed E-state index contributed by atoms with van der Waals surface area (Å²) in [5, 5.41) is 5.66. The molecule has 0 fully saturated rings. The van der Waals surface area contributed by atoms with Crippen LogP contribution in [0.25, 0.3) is 61.2 Å². The smallest absolute Gasteiger partial charge is 0.0356 e. The van der Waals surface area contributed by atoms with Crippen LogP contribution < -0.4 is 0 Å². The normalized spacial score (nSPS) is 12.1. The van der Waals surface area contributed by atoms with E-state index in [0.29, 0.717) is 0 Å². The van der Waals surface area contributed by atoms with Gasteiger partial charge in [0, 0.05) is 59.9 Å². The van der Waals surface area contributed by atoms with Crippen LogP contribution in [0.4, 0.5) is 0 Å². The highest BCUT2D eigenvalue weighted by molar-refractivity contribution is 7.23. The van der Waals surface area contributed by atoms with Crippen molar-refractivity contribution in [2.45, 2.75) is 39.5 Å². The largest absolute Gasteiger partial charge is 0.140 e. The third-order valence-corrected chi connectivity index (χ3v) is 11.6. The van der Waals surface area contributed by atoms with E-state index < -0.39 is 0 Å². The Morgan fingerprint density at radius 1 is 0.444 bits per heavy atom. The topological polar surface area (TPSA) is 0 Å². The standard InChI is InChI=1S/C32H26S4/c1-3-5-21-15-23-25-17-31(35-29(25)13-11-27(23)33-21)19-7-9-20(10-8-19)32-18-26-24-16-22(6-4-2)34-28(24)12-14-30(26)36-32/h7-18H,3-6H2,1-2H3. The predicted molar refractivity (Wildman–Crippen MR) is 167 cm³/mol. The second kappa shape index (κ2) is 9.11. The van der Waals surface area contributed by atoms with Crippen molar-refractivity contribution in [1.82, 2.24) is 0 Å². The van der Waals surface area contributed by atoms with E-state index in [0.717, 1.165) is 0 Å². The highest BCUT2D eigenvalue weighted by Gasteiger charge is 2.13. The summed E-state index contributed by atoms with van der Waals surface area (Å²) in [6, 6.07) is 28.1. The maximum absolute atomic E-state index is 2.42. The van der Waals surface area contributed by atoms with E-state index in [1.165, 1.54) is 96.7 Å². The van der Waals surface area contributed by atoms with E-state index in [1.807, 2.05) is 45.3 Å². The van der Waals surface area contributed by atoms with Crippen molar-refractivity contribution >= 4 is 85.7 Å². The number of thiophene rings is 4. The van der Waals surface area contributed by atoms with Crippen molar-refractivity contribution in [3.05, 3.63) is 82.6 Å². The van der Waals surface area contributed by atoms with Gasteiger partial charge in [-0.25, -0.2) is 0 Å². The van der Waals surface area contributed by atoms with Gasteiger partial charge in [-0.2, -0.15) is 0 Å². The molecule has 0 amide bonds. The van der Waals surface area contributed by atoms with Gasteiger partial charge in [-0.3, -0.25) is 0 Å². The summed E-state index contributed by atoms with van der Waals surface area (Å²) in [4.78, 5) is 5.71. The van der Waals surface area contributed by atoms with Gasteiger partial charge in [-0.15, -0.1) is 45.3 Å². The maximum Gasteiger partial charge on any atom is 0.0356 e. The molecular formula is C32H26S4. The fourth-order valence-electron chi connectivity index (χ4n) is 5.19. The Morgan fingerprint density at radius 2 is 0.806 bits per heavy atom. The predicted octanol–water partition coefficient (Wildman–Crippen LogP) is 11.8. The molecule has 7 rings (SSSR count). The Balaban J connectivity index is 1.24. The molecule has 0 N–H and O–H groups in total. The van der Waals surface area contributed by atoms with Crippen molar-refractivity contribution in [3.8, 4) is 20.9 Å². The van der Waals surface area contributed by atoms with Crippen LogP contribution in [-0.2, 0) is 12.8 Å². The Kier molecular flexibility index (Phi) is 5.74. The number of rotatable bonds is 6. The lowest BCUT2D eigenvalue weighted by atomic mass is 10.1. The van der Waals surface area contributed by atoms with Crippen molar-refractivity contribution < 1.29 is 0 Å². The number of fused-ring (bicyclic) bond motifs is 6. The lowest BCUT2D eigenvalue weighted by Crippen LogP contribution is -1.74. The molecule has 0 radical (unpaired) electrons. The minimum Gasteiger partial charge on any atom is -0.140 e. The third kappa shape index (κ3) is 3.83. The molecule has 0 aliphatic carbocycles. The van der Waals surface area contributed by atoms with Gasteiger partial charge in [0.25, 0.3) is 0 Å². The first-order chi connectivity index (χ1) is 17.7. The molecule has 7 aromatic rings. The first kappa shape index (κ1) is 22.7. The van der Waals surface area contributed by atoms with E-state index in [4.69, 9.17) is 0 Å². The average Bonchev–Trinajstić information content (AvgIpc) is 3.66. The van der Waals surface area contributed by atoms with Gasteiger partial charge in [0.1, 0.15) is 0 Å². The molecule has 0 aliphatic heterocycles. The first-order valence-electron chi connectivity index (χ1n) is 12.7. The summed E-state index contributed by atoms with van der Waals surface area (Å²) in [6.07, 6.45) is 4.76. The zero-order valence-electron chi connectivity index (χ0n) is 20.4. The third-order valence-electron chi connectivity index (χ3n) is 6.94. The Hall–Kier alpha value is -2.50. The zero-order chi connectivity index (χ0) is 24.2. The molecule has 36 heavy (non-hydrogen) atoms. The summed E-state index contributed by atoms with van der Waals surface area (Å²) < 4.78 is 5.59. The number of hydrogen-bond acceptors (Lipinski definition) is 4. The first-order valence-corrected chi connectivity index (χ1v) is 16.0. The van der Waals surface area contributed by atoms with E-state index in [1.54, 1.807) is 0 Å². The zero-order valence-corrected chi connectivity index (χ0v) is 23.7. The minimum absolute atomic E-state index is 1.18. The highest BCUT2D eigenvalue weighted by Crippen LogP contribution is 2.42. The molecule has 4 aromatic heterocycles. The van der Waals surface area contributed by atoms with Gasteiger partial charge in [0.15, 0.2) is 0 Å². The van der Waals surface area contributed by atoms with Crippen LogP contribution in [0, 0.1) is 0 Å². The van der Waals surface area contributed by atoms with E-state index in [9.17, 15) is 0 Å². The second-order valence-corrected chi connectivity index (χ2v) is 14.0. The summed E-state index contributed by atoms with van der Waals surface area (Å²) in [5.41, 5.74) is 2.62. The van der Waals surface area contributed by atoms with Gasteiger partial charge in [0.05, 0.1) is 0 Å². The SMILES string of the molecule is CCCc1cc2c(ccc3sc(-c4ccc(-c5cc6c(ccc7sc(CCC)cc76)s5)cc4)cc32)s1. The van der Waals surface area contributed by atoms with E-state index in [-0.39, 0.29) is 0 Å². The van der Waals surface area contributed by atoms with Crippen LogP contribution in [0.2, 0.25) is 0 Å². The van der Waals surface area contributed by atoms with Gasteiger partial charge < -0.3 is 0 Å². The molecule has 0 spiro atoms. The Bertz CT molecular complexity index is 1720. The van der Waals surface area contributed by atoms with Crippen LogP contribution in [0.3, 0.4) is 0 Å². The number of hydrogen-bond donors (Lipinski definition) is 0. The summed E-state index contributed by atoms with van der Waals surface area (Å²) >= 11 is 7.73. The molecule has 0 unspecified atom stereocenters. The molecule has 0 nitrogen and oxygen atoms in total. The van der Waals surface area contributed by atoms with Gasteiger partial charge in [0.2, 0.25) is 0 Å². The maximum atomic E-state index is 2.42. The van der Waals surface area contributed by atoms with Crippen LogP contribution in [-0.4, -0.2) is 0 Å². The van der Waals surface area contributed by atoms with Crippen LogP contribution in [0.5, 0.6) is 0 Å². The molecule has 4 heterocycles. The molecule has 4 heteroatoms. The lowest BCUT2D eigenvalue weighted by Gasteiger charge is -2.00. The molecule has 0 bridgehead atoms. The average molecular weight is 539 g/mol. The molecule has 178 valence electrons. The molecule has 0 saturated carbocycles. The van der Waals surface area contributed by atoms with Gasteiger partial charge >= 0.3 is 0 Å². The van der Waals surface area contributed by atoms with Crippen molar-refractivity contribution in [2.24, 2.45) is 0 Å². The Morgan fingerprint density at radius 3 is 1.19 bits per heavy atom. The lowest BCUT2D eigenvalue weighted by molar-refractivity contribution is 0.941. The van der Waals surface area contributed by atoms with Crippen LogP contribution in [0.15, 0.2) is 72.8 Å². The van der Waals surface area contributed by atoms with Crippen molar-refractivity contribution in [1.29, 1.82) is 0 Å². The monoisotopic (exact) mass is 538 g/mol. The fourth-order valence-corrected chi connectivity index (χ4v) is 9.71. The summed E-state index contributed by atoms with van der Waals surface area (Å²) in [7, 11) is 0. The van der Waals surface area contributed by atoms with Crippen molar-refractivity contribution in [2.75, 3.05) is 0 Å². The molecule has 0 atom stereocenters. The number of aryl methyl sites for hydroxylation is 2. The van der Waals surface area contributed by atoms with Crippen LogP contribution >= 0.6 is 45.3 Å². The van der Waals surface area contributed by atoms with Crippen molar-refractivity contribution in [3.63, 3.8) is 0 Å². The molecular weight excluding hydrogens is 513 g/mol. The molecule has 3 aromatic carbocycles. The summed E-state index contributed by atoms with van der Waals surface area (Å²) in [5.74, 6) is 0. The van der Waals surface area contributed by atoms with E-state index in [2.05, 4.69) is 86.6 Å². The molecule has 0 saturated heterocycles. The Labute approximate surface area is 227 Å². The fraction of sp³-hybridized carbons (Fsp3) is 0.188. The molecule has 0 aliphatic rings. The van der Waals surface area contributed by atoms with Gasteiger partial charge in [-0.05, 0) is 72.5 Å². The van der Waals surface area contributed by atoms with Gasteiger partial charge in [-0.1, -0.05) is 51.0 Å². The van der Waals surface area contributed by atoms with E-state index >= 15 is 0 Å².